The SMILES string of the molecule is CNc1nc2c(ncn2[C@H]2C[C@H](OC(c3ccccc3)(c3ccc(OC)cc3)c3ccc(OC)cc3)[C@@H](COP(OCCC#N)N(C(C)C)C(C)C)O2)c(=O)[nH]1. The molecule has 1 aliphatic heterocycles. The first-order valence-corrected chi connectivity index (χ1v) is 19.8. The number of fused-ring (bicyclic) bond motifs is 1. The second kappa shape index (κ2) is 18.4. The minimum Gasteiger partial charge on any atom is -0.497 e. The standard InChI is InChI=1S/C41H50N7O7P/c1-27(2)48(28(3)4)56(52-23-11-22-42)53-25-35-34(24-36(54-35)47-26-44-37-38(47)45-40(43-5)46-39(37)49)55-41(29-12-9-8-10-13-29,30-14-18-32(50-6)19-15-30)31-16-20-33(51-7)21-17-31/h8-10,12-21,26-28,34-36H,11,23-25H2,1-7H3,(H2,43,45,46,49)/t34-,35+,36+,56?/m0/s1. The molecule has 15 heteroatoms. The summed E-state index contributed by atoms with van der Waals surface area (Å²) in [7, 11) is 3.37. The van der Waals surface area contributed by atoms with Crippen molar-refractivity contribution in [3.05, 3.63) is 112 Å². The number of imidazole rings is 1. The molecule has 14 nitrogen and oxygen atoms in total. The lowest BCUT2D eigenvalue weighted by molar-refractivity contribution is -0.0968. The molecule has 0 aliphatic carbocycles. The van der Waals surface area contributed by atoms with Gasteiger partial charge in [-0.15, -0.1) is 0 Å². The quantitative estimate of drug-likeness (QED) is 0.0527. The van der Waals surface area contributed by atoms with Crippen molar-refractivity contribution >= 4 is 25.6 Å². The normalized spacial score (nSPS) is 17.8. The molecule has 1 fully saturated rings. The third kappa shape index (κ3) is 8.59. The van der Waals surface area contributed by atoms with Gasteiger partial charge in [-0.05, 0) is 68.7 Å². The highest BCUT2D eigenvalue weighted by Crippen LogP contribution is 2.49. The topological polar surface area (TPSA) is 158 Å². The molecular weight excluding hydrogens is 733 g/mol. The molecule has 0 radical (unpaired) electrons. The number of aromatic nitrogens is 4. The molecule has 2 N–H and O–H groups in total. The number of methoxy groups -OCH3 is 2. The van der Waals surface area contributed by atoms with Crippen LogP contribution in [0.4, 0.5) is 5.95 Å². The predicted octanol–water partition coefficient (Wildman–Crippen LogP) is 7.14. The van der Waals surface area contributed by atoms with Crippen molar-refractivity contribution in [2.24, 2.45) is 0 Å². The van der Waals surface area contributed by atoms with Crippen molar-refractivity contribution in [1.82, 2.24) is 24.2 Å². The Morgan fingerprint density at radius 2 is 1.57 bits per heavy atom. The van der Waals surface area contributed by atoms with Crippen molar-refractivity contribution in [2.75, 3.05) is 39.8 Å². The predicted molar refractivity (Wildman–Crippen MR) is 215 cm³/mol. The molecule has 56 heavy (non-hydrogen) atoms. The zero-order valence-corrected chi connectivity index (χ0v) is 33.7. The van der Waals surface area contributed by atoms with Gasteiger partial charge in [0.1, 0.15) is 29.4 Å². The summed E-state index contributed by atoms with van der Waals surface area (Å²) in [6.45, 7) is 8.71. The molecule has 1 saturated heterocycles. The lowest BCUT2D eigenvalue weighted by Crippen LogP contribution is -2.41. The van der Waals surface area contributed by atoms with Gasteiger partial charge in [0.05, 0.1) is 52.4 Å². The summed E-state index contributed by atoms with van der Waals surface area (Å²) >= 11 is 0. The van der Waals surface area contributed by atoms with Gasteiger partial charge >= 0.3 is 0 Å². The van der Waals surface area contributed by atoms with E-state index in [-0.39, 0.29) is 42.8 Å². The first kappa shape index (κ1) is 40.8. The summed E-state index contributed by atoms with van der Waals surface area (Å²) in [4.78, 5) is 24.8. The van der Waals surface area contributed by atoms with E-state index in [1.165, 1.54) is 0 Å². The highest BCUT2D eigenvalue weighted by atomic mass is 31.2. The van der Waals surface area contributed by atoms with Gasteiger partial charge in [-0.2, -0.15) is 10.2 Å². The fourth-order valence-corrected chi connectivity index (χ4v) is 8.72. The average Bonchev–Trinajstić information content (AvgIpc) is 3.83. The molecule has 4 atom stereocenters. The zero-order valence-electron chi connectivity index (χ0n) is 32.8. The molecule has 5 aromatic rings. The van der Waals surface area contributed by atoms with Crippen molar-refractivity contribution in [3.8, 4) is 17.6 Å². The van der Waals surface area contributed by atoms with E-state index in [4.69, 9.17) is 28.0 Å². The number of aromatic amines is 1. The van der Waals surface area contributed by atoms with Crippen LogP contribution in [-0.4, -0.2) is 83.0 Å². The van der Waals surface area contributed by atoms with Crippen LogP contribution in [0.2, 0.25) is 0 Å². The van der Waals surface area contributed by atoms with E-state index in [9.17, 15) is 10.1 Å². The molecule has 296 valence electrons. The van der Waals surface area contributed by atoms with Gasteiger partial charge in [0.2, 0.25) is 5.95 Å². The summed E-state index contributed by atoms with van der Waals surface area (Å²) in [5.74, 6) is 1.72. The Morgan fingerprint density at radius 3 is 2.12 bits per heavy atom. The Labute approximate surface area is 328 Å². The van der Waals surface area contributed by atoms with E-state index in [2.05, 4.69) is 70.8 Å². The Bertz CT molecular complexity index is 2070. The lowest BCUT2D eigenvalue weighted by Gasteiger charge is -2.40. The van der Waals surface area contributed by atoms with Gasteiger partial charge in [-0.3, -0.25) is 14.3 Å². The van der Waals surface area contributed by atoms with E-state index in [1.807, 2.05) is 66.7 Å². The number of hydrogen-bond acceptors (Lipinski definition) is 12. The summed E-state index contributed by atoms with van der Waals surface area (Å²) in [5.41, 5.74) is 1.67. The molecule has 0 bridgehead atoms. The van der Waals surface area contributed by atoms with Crippen LogP contribution in [0.1, 0.15) is 63.5 Å². The number of nitrogens with zero attached hydrogens (tertiary/aromatic N) is 5. The van der Waals surface area contributed by atoms with Gasteiger partial charge in [0, 0.05) is 25.6 Å². The highest BCUT2D eigenvalue weighted by Gasteiger charge is 2.47. The summed E-state index contributed by atoms with van der Waals surface area (Å²) in [5, 5.41) is 12.2. The van der Waals surface area contributed by atoms with Crippen LogP contribution in [0.25, 0.3) is 11.2 Å². The molecule has 3 aromatic carbocycles. The van der Waals surface area contributed by atoms with E-state index in [0.29, 0.717) is 29.5 Å². The minimum absolute atomic E-state index is 0.103. The van der Waals surface area contributed by atoms with Gasteiger partial charge in [0.15, 0.2) is 11.2 Å². The van der Waals surface area contributed by atoms with Crippen molar-refractivity contribution in [3.63, 3.8) is 0 Å². The number of rotatable bonds is 18. The summed E-state index contributed by atoms with van der Waals surface area (Å²) < 4.78 is 42.5. The molecule has 0 spiro atoms. The monoisotopic (exact) mass is 783 g/mol. The van der Waals surface area contributed by atoms with E-state index in [1.54, 1.807) is 32.2 Å². The van der Waals surface area contributed by atoms with Gasteiger partial charge in [0.25, 0.3) is 14.1 Å². The molecule has 1 unspecified atom stereocenters. The van der Waals surface area contributed by atoms with Crippen LogP contribution in [-0.2, 0) is 24.1 Å². The molecule has 1 aliphatic rings. The number of ether oxygens (including phenoxy) is 4. The Kier molecular flexibility index (Phi) is 13.4. The maximum atomic E-state index is 13.0. The largest absolute Gasteiger partial charge is 0.497 e. The smallest absolute Gasteiger partial charge is 0.280 e. The van der Waals surface area contributed by atoms with Gasteiger partial charge in [-0.25, -0.2) is 9.65 Å². The maximum Gasteiger partial charge on any atom is 0.280 e. The zero-order chi connectivity index (χ0) is 39.8. The minimum atomic E-state index is -1.59. The molecule has 6 rings (SSSR count). The van der Waals surface area contributed by atoms with Crippen molar-refractivity contribution in [2.45, 2.75) is 76.7 Å². The number of nitriles is 1. The maximum absolute atomic E-state index is 13.0. The number of anilines is 1. The number of benzene rings is 3. The molecule has 0 amide bonds. The highest BCUT2D eigenvalue weighted by molar-refractivity contribution is 7.44. The van der Waals surface area contributed by atoms with E-state index >= 15 is 0 Å². The van der Waals surface area contributed by atoms with Gasteiger partial charge in [-0.1, -0.05) is 54.6 Å². The van der Waals surface area contributed by atoms with Crippen LogP contribution < -0.4 is 20.3 Å². The van der Waals surface area contributed by atoms with Crippen LogP contribution in [0.15, 0.2) is 90.0 Å². The third-order valence-electron chi connectivity index (χ3n) is 9.67. The molecule has 2 aromatic heterocycles. The summed E-state index contributed by atoms with van der Waals surface area (Å²) in [6, 6.07) is 28.2. The van der Waals surface area contributed by atoms with Crippen molar-refractivity contribution < 1.29 is 28.0 Å². The Hall–Kier alpha value is -4.87. The van der Waals surface area contributed by atoms with E-state index in [0.717, 1.165) is 16.7 Å². The number of H-pyrrole nitrogens is 1. The first-order valence-electron chi connectivity index (χ1n) is 18.7. The number of nitrogens with one attached hydrogen (secondary N) is 2. The van der Waals surface area contributed by atoms with Crippen LogP contribution >= 0.6 is 8.53 Å². The van der Waals surface area contributed by atoms with Crippen LogP contribution in [0, 0.1) is 11.3 Å². The fourth-order valence-electron chi connectivity index (χ4n) is 7.11. The van der Waals surface area contributed by atoms with Crippen LogP contribution in [0.3, 0.4) is 0 Å². The lowest BCUT2D eigenvalue weighted by atomic mass is 9.79. The fraction of sp³-hybridized carbons (Fsp3) is 0.415. The second-order valence-corrected chi connectivity index (χ2v) is 15.3. The number of hydrogen-bond donors (Lipinski definition) is 2. The Morgan fingerprint density at radius 1 is 0.964 bits per heavy atom. The van der Waals surface area contributed by atoms with Gasteiger partial charge < -0.3 is 33.3 Å². The third-order valence-corrected chi connectivity index (χ3v) is 11.7. The van der Waals surface area contributed by atoms with Crippen molar-refractivity contribution in [1.29, 1.82) is 5.26 Å². The second-order valence-electron chi connectivity index (χ2n) is 13.9. The molecule has 3 heterocycles. The average molecular weight is 784 g/mol. The van der Waals surface area contributed by atoms with Crippen LogP contribution in [0.5, 0.6) is 11.5 Å². The summed E-state index contributed by atoms with van der Waals surface area (Å²) in [6.07, 6.45) is 0.317. The van der Waals surface area contributed by atoms with E-state index < -0.39 is 32.6 Å². The Balaban J connectivity index is 1.47. The molecular formula is C41H50N7O7P. The first-order chi connectivity index (χ1) is 27.1. The molecule has 0 saturated carbocycles.